The lowest BCUT2D eigenvalue weighted by Crippen LogP contribution is -2.41. The van der Waals surface area contributed by atoms with Gasteiger partial charge in [-0.2, -0.15) is 11.8 Å². The second-order valence-electron chi connectivity index (χ2n) is 4.88. The van der Waals surface area contributed by atoms with Gasteiger partial charge in [0.05, 0.1) is 3.79 Å². The molecule has 1 fully saturated rings. The molecular formula is C14H22BrNS2. The van der Waals surface area contributed by atoms with Crippen molar-refractivity contribution in [3.63, 3.8) is 0 Å². The van der Waals surface area contributed by atoms with Crippen molar-refractivity contribution < 1.29 is 0 Å². The van der Waals surface area contributed by atoms with E-state index in [1.807, 2.05) is 11.3 Å². The van der Waals surface area contributed by atoms with E-state index in [0.29, 0.717) is 6.04 Å². The Hall–Kier alpha value is 0.490. The molecule has 0 radical (unpaired) electrons. The summed E-state index contributed by atoms with van der Waals surface area (Å²) in [5.41, 5.74) is 0. The van der Waals surface area contributed by atoms with Gasteiger partial charge in [-0.05, 0) is 66.0 Å². The van der Waals surface area contributed by atoms with Crippen molar-refractivity contribution in [2.75, 3.05) is 12.3 Å². The van der Waals surface area contributed by atoms with Gasteiger partial charge in [0.25, 0.3) is 0 Å². The Kier molecular flexibility index (Phi) is 6.56. The predicted octanol–water partition coefficient (Wildman–Crippen LogP) is 4.71. The Labute approximate surface area is 127 Å². The van der Waals surface area contributed by atoms with E-state index in [2.05, 4.69) is 52.1 Å². The molecule has 0 amide bonds. The largest absolute Gasteiger partial charge is 0.313 e. The van der Waals surface area contributed by atoms with Crippen LogP contribution in [-0.4, -0.2) is 23.6 Å². The van der Waals surface area contributed by atoms with E-state index in [0.717, 1.165) is 11.8 Å². The van der Waals surface area contributed by atoms with E-state index in [1.165, 1.54) is 46.5 Å². The van der Waals surface area contributed by atoms with E-state index in [4.69, 9.17) is 0 Å². The molecule has 2 atom stereocenters. The summed E-state index contributed by atoms with van der Waals surface area (Å²) in [6, 6.07) is 5.09. The molecule has 0 spiro atoms. The standard InChI is InChI=1S/C14H22BrNS2/c1-2-8-16-12(13-5-3-4-9-17-13)10-11-6-7-14(15)18-11/h6-7,12-13,16H,2-5,8-10H2,1H3. The molecule has 2 unspecified atom stereocenters. The molecule has 0 aromatic carbocycles. The normalized spacial score (nSPS) is 22.0. The van der Waals surface area contributed by atoms with Gasteiger partial charge in [-0.3, -0.25) is 0 Å². The molecular weight excluding hydrogens is 326 g/mol. The van der Waals surface area contributed by atoms with Crippen LogP contribution in [-0.2, 0) is 6.42 Å². The summed E-state index contributed by atoms with van der Waals surface area (Å²) in [5, 5.41) is 4.58. The zero-order valence-electron chi connectivity index (χ0n) is 11.0. The smallest absolute Gasteiger partial charge is 0.0701 e. The molecule has 1 aromatic heterocycles. The van der Waals surface area contributed by atoms with Crippen LogP contribution < -0.4 is 5.32 Å². The molecule has 0 saturated carbocycles. The Morgan fingerprint density at radius 2 is 2.33 bits per heavy atom. The van der Waals surface area contributed by atoms with E-state index in [1.54, 1.807) is 0 Å². The Bertz CT molecular complexity index is 347. The van der Waals surface area contributed by atoms with Crippen LogP contribution in [0.25, 0.3) is 0 Å². The van der Waals surface area contributed by atoms with Crippen molar-refractivity contribution in [3.05, 3.63) is 20.8 Å². The topological polar surface area (TPSA) is 12.0 Å². The van der Waals surface area contributed by atoms with Crippen molar-refractivity contribution in [1.82, 2.24) is 5.32 Å². The molecule has 1 aliphatic rings. The van der Waals surface area contributed by atoms with Crippen molar-refractivity contribution >= 4 is 39.0 Å². The van der Waals surface area contributed by atoms with Crippen molar-refractivity contribution in [1.29, 1.82) is 0 Å². The monoisotopic (exact) mass is 347 g/mol. The Morgan fingerprint density at radius 3 is 2.94 bits per heavy atom. The van der Waals surface area contributed by atoms with Gasteiger partial charge in [0, 0.05) is 16.2 Å². The van der Waals surface area contributed by atoms with Gasteiger partial charge < -0.3 is 5.32 Å². The lowest BCUT2D eigenvalue weighted by atomic mass is 10.0. The van der Waals surface area contributed by atoms with Crippen LogP contribution in [0.15, 0.2) is 15.9 Å². The summed E-state index contributed by atoms with van der Waals surface area (Å²) in [5.74, 6) is 1.35. The number of thiophene rings is 1. The number of halogens is 1. The maximum absolute atomic E-state index is 3.77. The molecule has 102 valence electrons. The van der Waals surface area contributed by atoms with E-state index < -0.39 is 0 Å². The van der Waals surface area contributed by atoms with Gasteiger partial charge in [0.1, 0.15) is 0 Å². The van der Waals surface area contributed by atoms with Gasteiger partial charge in [-0.1, -0.05) is 13.3 Å². The summed E-state index contributed by atoms with van der Waals surface area (Å²) in [7, 11) is 0. The average molecular weight is 348 g/mol. The SMILES string of the molecule is CCCNC(Cc1ccc(Br)s1)C1CCCCS1. The van der Waals surface area contributed by atoms with E-state index in [9.17, 15) is 0 Å². The number of hydrogen-bond donors (Lipinski definition) is 1. The molecule has 1 aliphatic heterocycles. The number of nitrogens with one attached hydrogen (secondary N) is 1. The summed E-state index contributed by atoms with van der Waals surface area (Å²) >= 11 is 7.62. The fourth-order valence-electron chi connectivity index (χ4n) is 2.43. The predicted molar refractivity (Wildman–Crippen MR) is 87.9 cm³/mol. The third-order valence-corrected chi connectivity index (χ3v) is 6.53. The molecule has 2 heterocycles. The Morgan fingerprint density at radius 1 is 1.44 bits per heavy atom. The highest BCUT2D eigenvalue weighted by Gasteiger charge is 2.24. The summed E-state index contributed by atoms with van der Waals surface area (Å²) in [4.78, 5) is 1.50. The van der Waals surface area contributed by atoms with Gasteiger partial charge in [0.15, 0.2) is 0 Å². The average Bonchev–Trinajstić information content (AvgIpc) is 2.81. The lowest BCUT2D eigenvalue weighted by molar-refractivity contribution is 0.463. The van der Waals surface area contributed by atoms with Crippen LogP contribution in [0.3, 0.4) is 0 Å². The van der Waals surface area contributed by atoms with Crippen LogP contribution in [0.5, 0.6) is 0 Å². The minimum absolute atomic E-state index is 0.654. The summed E-state index contributed by atoms with van der Waals surface area (Å²) in [6.07, 6.45) is 6.62. The molecule has 2 rings (SSSR count). The van der Waals surface area contributed by atoms with Gasteiger partial charge >= 0.3 is 0 Å². The molecule has 18 heavy (non-hydrogen) atoms. The van der Waals surface area contributed by atoms with Gasteiger partial charge in [0.2, 0.25) is 0 Å². The highest BCUT2D eigenvalue weighted by molar-refractivity contribution is 9.11. The van der Waals surface area contributed by atoms with Crippen LogP contribution in [0.4, 0.5) is 0 Å². The summed E-state index contributed by atoms with van der Waals surface area (Å²) < 4.78 is 1.25. The van der Waals surface area contributed by atoms with Crippen LogP contribution in [0.2, 0.25) is 0 Å². The second-order valence-corrected chi connectivity index (χ2v) is 8.77. The first-order valence-electron chi connectivity index (χ1n) is 6.89. The van der Waals surface area contributed by atoms with Crippen molar-refractivity contribution in [3.8, 4) is 0 Å². The number of rotatable bonds is 6. The molecule has 0 aliphatic carbocycles. The van der Waals surface area contributed by atoms with Crippen LogP contribution in [0.1, 0.15) is 37.5 Å². The fraction of sp³-hybridized carbons (Fsp3) is 0.714. The molecule has 4 heteroatoms. The first-order valence-corrected chi connectivity index (χ1v) is 9.54. The quantitative estimate of drug-likeness (QED) is 0.799. The minimum atomic E-state index is 0.654. The zero-order valence-corrected chi connectivity index (χ0v) is 14.2. The van der Waals surface area contributed by atoms with Gasteiger partial charge in [-0.15, -0.1) is 11.3 Å². The number of thioether (sulfide) groups is 1. The highest BCUT2D eigenvalue weighted by Crippen LogP contribution is 2.31. The fourth-order valence-corrected chi connectivity index (χ4v) is 5.40. The summed E-state index contributed by atoms with van der Waals surface area (Å²) in [6.45, 7) is 3.40. The van der Waals surface area contributed by atoms with Crippen molar-refractivity contribution in [2.24, 2.45) is 0 Å². The molecule has 1 N–H and O–H groups in total. The van der Waals surface area contributed by atoms with Crippen LogP contribution in [0, 0.1) is 0 Å². The molecule has 0 bridgehead atoms. The van der Waals surface area contributed by atoms with Gasteiger partial charge in [-0.25, -0.2) is 0 Å². The van der Waals surface area contributed by atoms with E-state index in [-0.39, 0.29) is 0 Å². The first kappa shape index (κ1) is 14.9. The first-order chi connectivity index (χ1) is 8.79. The lowest BCUT2D eigenvalue weighted by Gasteiger charge is -2.30. The molecule has 1 saturated heterocycles. The third kappa shape index (κ3) is 4.55. The zero-order chi connectivity index (χ0) is 12.8. The highest BCUT2D eigenvalue weighted by atomic mass is 79.9. The van der Waals surface area contributed by atoms with Crippen LogP contribution >= 0.6 is 39.0 Å². The third-order valence-electron chi connectivity index (χ3n) is 3.37. The van der Waals surface area contributed by atoms with E-state index >= 15 is 0 Å². The molecule has 1 nitrogen and oxygen atoms in total. The maximum Gasteiger partial charge on any atom is 0.0701 e. The second kappa shape index (κ2) is 7.93. The van der Waals surface area contributed by atoms with Crippen molar-refractivity contribution in [2.45, 2.75) is 50.3 Å². The molecule has 1 aromatic rings. The Balaban J connectivity index is 1.94. The maximum atomic E-state index is 3.77. The minimum Gasteiger partial charge on any atom is -0.313 e. The number of hydrogen-bond acceptors (Lipinski definition) is 3.